The Morgan fingerprint density at radius 2 is 1.02 bits per heavy atom. The van der Waals surface area contributed by atoms with E-state index < -0.39 is 0 Å². The molecule has 0 amide bonds. The van der Waals surface area contributed by atoms with Gasteiger partial charge in [0.05, 0.1) is 0 Å². The molecule has 0 N–H and O–H groups in total. The fourth-order valence-electron chi connectivity index (χ4n) is 8.34. The number of nitrogens with zero attached hydrogens (tertiary/aromatic N) is 2. The second kappa shape index (κ2) is 11.1. The van der Waals surface area contributed by atoms with Crippen molar-refractivity contribution in [3.8, 4) is 11.5 Å². The van der Waals surface area contributed by atoms with Crippen molar-refractivity contribution in [2.75, 3.05) is 4.90 Å². The first-order valence-electron chi connectivity index (χ1n) is 18.1. The lowest BCUT2D eigenvalue weighted by Crippen LogP contribution is -2.09. The molecule has 0 unspecified atom stereocenters. The highest BCUT2D eigenvalue weighted by Gasteiger charge is 2.21. The molecule has 9 aromatic carbocycles. The maximum Gasteiger partial charge on any atom is 0.228 e. The third kappa shape index (κ3) is 4.30. The third-order valence-corrected chi connectivity index (χ3v) is 10.8. The van der Waals surface area contributed by atoms with Crippen LogP contribution in [0.1, 0.15) is 0 Å². The molecule has 0 aliphatic heterocycles. The molecule has 252 valence electrons. The van der Waals surface area contributed by atoms with Gasteiger partial charge in [-0.1, -0.05) is 97.1 Å². The molecule has 0 aliphatic rings. The molecule has 0 spiro atoms. The lowest BCUT2D eigenvalue weighted by Gasteiger charge is -2.26. The first-order chi connectivity index (χ1) is 26.7. The minimum Gasteiger partial charge on any atom is -0.456 e. The highest BCUT2D eigenvalue weighted by molar-refractivity contribution is 6.19. The average molecular weight is 693 g/mol. The van der Waals surface area contributed by atoms with E-state index in [1.54, 1.807) is 0 Å². The highest BCUT2D eigenvalue weighted by Crippen LogP contribution is 2.44. The lowest BCUT2D eigenvalue weighted by atomic mass is 10.0. The predicted molar refractivity (Wildman–Crippen MR) is 221 cm³/mol. The molecule has 3 heterocycles. The minimum absolute atomic E-state index is 0.574. The fourth-order valence-corrected chi connectivity index (χ4v) is 8.34. The number of anilines is 3. The number of rotatable bonds is 4. The van der Waals surface area contributed by atoms with Crippen LogP contribution in [0.4, 0.5) is 17.1 Å². The monoisotopic (exact) mass is 692 g/mol. The van der Waals surface area contributed by atoms with Gasteiger partial charge in [0.1, 0.15) is 27.8 Å². The Morgan fingerprint density at radius 3 is 1.93 bits per heavy atom. The van der Waals surface area contributed by atoms with Gasteiger partial charge in [-0.05, 0) is 93.7 Å². The number of furan rings is 2. The number of oxazole rings is 1. The molecule has 0 saturated carbocycles. The molecule has 0 atom stereocenters. The van der Waals surface area contributed by atoms with Gasteiger partial charge in [0, 0.05) is 55.6 Å². The molecular formula is C49H28N2O3. The van der Waals surface area contributed by atoms with Crippen molar-refractivity contribution in [1.29, 1.82) is 0 Å². The van der Waals surface area contributed by atoms with Crippen LogP contribution in [0.3, 0.4) is 0 Å². The second-order valence-electron chi connectivity index (χ2n) is 13.9. The van der Waals surface area contributed by atoms with Crippen molar-refractivity contribution in [2.45, 2.75) is 0 Å². The Kier molecular flexibility index (Phi) is 5.99. The summed E-state index contributed by atoms with van der Waals surface area (Å²) in [6.45, 7) is 0. The van der Waals surface area contributed by atoms with Gasteiger partial charge in [-0.15, -0.1) is 0 Å². The van der Waals surface area contributed by atoms with E-state index in [0.29, 0.717) is 5.89 Å². The Labute approximate surface area is 307 Å². The van der Waals surface area contributed by atoms with Gasteiger partial charge < -0.3 is 18.2 Å². The number of hydrogen-bond acceptors (Lipinski definition) is 5. The molecule has 0 aliphatic carbocycles. The van der Waals surface area contributed by atoms with Gasteiger partial charge in [-0.3, -0.25) is 0 Å². The van der Waals surface area contributed by atoms with Crippen molar-refractivity contribution in [1.82, 2.24) is 4.98 Å². The van der Waals surface area contributed by atoms with Crippen LogP contribution in [0.15, 0.2) is 183 Å². The van der Waals surface area contributed by atoms with Gasteiger partial charge >= 0.3 is 0 Å². The zero-order chi connectivity index (χ0) is 35.3. The molecule has 3 aromatic heterocycles. The summed E-state index contributed by atoms with van der Waals surface area (Å²) in [5.41, 5.74) is 8.85. The van der Waals surface area contributed by atoms with E-state index in [1.165, 1.54) is 21.5 Å². The molecule has 12 aromatic rings. The van der Waals surface area contributed by atoms with Crippen LogP contribution in [-0.2, 0) is 0 Å². The summed E-state index contributed by atoms with van der Waals surface area (Å²) in [4.78, 5) is 7.26. The van der Waals surface area contributed by atoms with E-state index in [2.05, 4.69) is 144 Å². The summed E-state index contributed by atoms with van der Waals surface area (Å²) in [6, 6.07) is 59.2. The summed E-state index contributed by atoms with van der Waals surface area (Å²) in [5.74, 6) is 0.574. The predicted octanol–water partition coefficient (Wildman–Crippen LogP) is 14.2. The number of benzene rings is 9. The molecule has 0 saturated heterocycles. The van der Waals surface area contributed by atoms with Crippen LogP contribution in [-0.4, -0.2) is 4.98 Å². The van der Waals surface area contributed by atoms with Crippen molar-refractivity contribution < 1.29 is 13.3 Å². The molecule has 0 bridgehead atoms. The van der Waals surface area contributed by atoms with Crippen molar-refractivity contribution >= 4 is 104 Å². The largest absolute Gasteiger partial charge is 0.456 e. The van der Waals surface area contributed by atoms with Gasteiger partial charge in [0.2, 0.25) is 5.89 Å². The normalized spacial score (nSPS) is 12.1. The Hall–Kier alpha value is -7.37. The first kappa shape index (κ1) is 29.2. The molecule has 0 fully saturated rings. The SMILES string of the molecule is c1ccc2cc(N(c3ccc4c(c3)oc3cccc(-c5nc6ccc7ccccc7c6o5)c34)c3ccc4oc5ccc6ccccc6c5c4c3)ccc2c1. The van der Waals surface area contributed by atoms with Crippen molar-refractivity contribution in [2.24, 2.45) is 0 Å². The molecule has 5 heteroatoms. The van der Waals surface area contributed by atoms with E-state index in [9.17, 15) is 0 Å². The van der Waals surface area contributed by atoms with E-state index in [1.807, 2.05) is 30.3 Å². The summed E-state index contributed by atoms with van der Waals surface area (Å²) < 4.78 is 19.6. The third-order valence-electron chi connectivity index (χ3n) is 10.8. The van der Waals surface area contributed by atoms with E-state index >= 15 is 0 Å². The molecule has 54 heavy (non-hydrogen) atoms. The highest BCUT2D eigenvalue weighted by atomic mass is 16.4. The summed E-state index contributed by atoms with van der Waals surface area (Å²) in [7, 11) is 0. The molecule has 5 nitrogen and oxygen atoms in total. The van der Waals surface area contributed by atoms with Crippen molar-refractivity contribution in [3.63, 3.8) is 0 Å². The van der Waals surface area contributed by atoms with Crippen LogP contribution in [0.5, 0.6) is 0 Å². The van der Waals surface area contributed by atoms with Crippen LogP contribution in [0.2, 0.25) is 0 Å². The smallest absolute Gasteiger partial charge is 0.228 e. The fraction of sp³-hybridized carbons (Fsp3) is 0. The summed E-state index contributed by atoms with van der Waals surface area (Å²) >= 11 is 0. The van der Waals surface area contributed by atoms with Gasteiger partial charge in [-0.2, -0.15) is 0 Å². The van der Waals surface area contributed by atoms with Gasteiger partial charge in [-0.25, -0.2) is 4.98 Å². The maximum absolute atomic E-state index is 6.64. The second-order valence-corrected chi connectivity index (χ2v) is 13.9. The Morgan fingerprint density at radius 1 is 0.370 bits per heavy atom. The topological polar surface area (TPSA) is 55.6 Å². The maximum atomic E-state index is 6.64. The lowest BCUT2D eigenvalue weighted by molar-refractivity contribution is 0.623. The Balaban J connectivity index is 1.06. The molecule has 12 rings (SSSR count). The number of aromatic nitrogens is 1. The van der Waals surface area contributed by atoms with Gasteiger partial charge in [0.15, 0.2) is 5.58 Å². The molecule has 0 radical (unpaired) electrons. The van der Waals surface area contributed by atoms with E-state index in [4.69, 9.17) is 18.2 Å². The van der Waals surface area contributed by atoms with Crippen LogP contribution >= 0.6 is 0 Å². The quantitative estimate of drug-likeness (QED) is 0.184. The minimum atomic E-state index is 0.574. The number of hydrogen-bond donors (Lipinski definition) is 0. The van der Waals surface area contributed by atoms with Crippen LogP contribution in [0, 0.1) is 0 Å². The zero-order valence-corrected chi connectivity index (χ0v) is 28.8. The molecular weight excluding hydrogens is 665 g/mol. The summed E-state index contributed by atoms with van der Waals surface area (Å²) in [5, 5.41) is 11.1. The zero-order valence-electron chi connectivity index (χ0n) is 28.8. The van der Waals surface area contributed by atoms with Gasteiger partial charge in [0.25, 0.3) is 0 Å². The number of fused-ring (bicyclic) bond motifs is 12. The van der Waals surface area contributed by atoms with E-state index in [0.717, 1.165) is 88.4 Å². The van der Waals surface area contributed by atoms with Crippen LogP contribution in [0.25, 0.3) is 98.7 Å². The van der Waals surface area contributed by atoms with Crippen LogP contribution < -0.4 is 4.90 Å². The Bertz CT molecular complexity index is 3480. The average Bonchev–Trinajstić information content (AvgIpc) is 3.94. The first-order valence-corrected chi connectivity index (χ1v) is 18.1. The summed E-state index contributed by atoms with van der Waals surface area (Å²) in [6.07, 6.45) is 0. The standard InChI is InChI=1S/C49H28N2O3/c1-2-11-32-26-33(19-16-29(32)8-1)51(34-21-25-42-40(27-34)46-36-12-5-3-9-30(36)18-24-44(46)52-42)35-20-22-38-45(28-35)53-43-15-7-14-39(47(38)43)49-50-41-23-17-31-10-4-6-13-37(31)48(41)54-49/h1-28H. The van der Waals surface area contributed by atoms with E-state index in [-0.39, 0.29) is 0 Å². The van der Waals surface area contributed by atoms with Crippen molar-refractivity contribution in [3.05, 3.63) is 170 Å².